The summed E-state index contributed by atoms with van der Waals surface area (Å²) in [5.41, 5.74) is 7.53. The standard InChI is InChI=1S/C28H31N3O3/c1-3-34-27-15-20(31-24-13-14-29-28-23(24)11-12-26(28)32)8-7-18(27)5-4-6-19-17-30-25-16-21(33-2)9-10-22(19)25/h7-10,13-17,26,30,32H,3-6,11-12H2,1-2H3,(H,29,31). The summed E-state index contributed by atoms with van der Waals surface area (Å²) < 4.78 is 11.3. The second kappa shape index (κ2) is 9.77. The molecule has 0 radical (unpaired) electrons. The number of anilines is 2. The number of pyridine rings is 1. The second-order valence-electron chi connectivity index (χ2n) is 8.74. The van der Waals surface area contributed by atoms with Gasteiger partial charge >= 0.3 is 0 Å². The first-order valence-electron chi connectivity index (χ1n) is 12.0. The van der Waals surface area contributed by atoms with Crippen LogP contribution in [-0.2, 0) is 19.3 Å². The molecule has 1 unspecified atom stereocenters. The molecule has 1 atom stereocenters. The molecular weight excluding hydrogens is 426 g/mol. The highest BCUT2D eigenvalue weighted by Crippen LogP contribution is 2.36. The number of nitrogens with one attached hydrogen (secondary N) is 2. The SMILES string of the molecule is CCOc1cc(Nc2ccnc3c2CCC3O)ccc1CCCc1c[nH]c2cc(OC)ccc12. The van der Waals surface area contributed by atoms with Crippen molar-refractivity contribution in [2.75, 3.05) is 19.0 Å². The van der Waals surface area contributed by atoms with Crippen LogP contribution in [0.15, 0.2) is 54.9 Å². The number of aromatic amines is 1. The average molecular weight is 458 g/mol. The third-order valence-electron chi connectivity index (χ3n) is 6.59. The molecule has 0 spiro atoms. The number of rotatable bonds is 9. The summed E-state index contributed by atoms with van der Waals surface area (Å²) in [5, 5.41) is 14.9. The van der Waals surface area contributed by atoms with Crippen LogP contribution in [0, 0.1) is 0 Å². The van der Waals surface area contributed by atoms with Crippen LogP contribution in [0.3, 0.4) is 0 Å². The van der Waals surface area contributed by atoms with Crippen molar-refractivity contribution in [2.45, 2.75) is 45.1 Å². The zero-order chi connectivity index (χ0) is 23.5. The highest BCUT2D eigenvalue weighted by atomic mass is 16.5. The van der Waals surface area contributed by atoms with Crippen LogP contribution >= 0.6 is 0 Å². The number of nitrogens with zero attached hydrogens (tertiary/aromatic N) is 1. The second-order valence-corrected chi connectivity index (χ2v) is 8.74. The van der Waals surface area contributed by atoms with E-state index in [1.165, 1.54) is 16.5 Å². The lowest BCUT2D eigenvalue weighted by Crippen LogP contribution is -2.02. The lowest BCUT2D eigenvalue weighted by molar-refractivity contribution is 0.176. The molecule has 4 aromatic rings. The molecule has 5 rings (SSSR count). The number of hydrogen-bond donors (Lipinski definition) is 3. The highest BCUT2D eigenvalue weighted by molar-refractivity contribution is 5.84. The minimum Gasteiger partial charge on any atom is -0.497 e. The van der Waals surface area contributed by atoms with Gasteiger partial charge in [-0.1, -0.05) is 6.07 Å². The number of aliphatic hydroxyl groups is 1. The normalized spacial score (nSPS) is 14.9. The third-order valence-corrected chi connectivity index (χ3v) is 6.59. The predicted molar refractivity (Wildman–Crippen MR) is 135 cm³/mol. The lowest BCUT2D eigenvalue weighted by Gasteiger charge is -2.15. The zero-order valence-electron chi connectivity index (χ0n) is 19.7. The fourth-order valence-electron chi connectivity index (χ4n) is 4.85. The van der Waals surface area contributed by atoms with Crippen molar-refractivity contribution < 1.29 is 14.6 Å². The lowest BCUT2D eigenvalue weighted by atomic mass is 10.0. The molecule has 2 aromatic carbocycles. The van der Waals surface area contributed by atoms with Gasteiger partial charge in [-0.3, -0.25) is 4.98 Å². The van der Waals surface area contributed by atoms with Crippen molar-refractivity contribution in [1.29, 1.82) is 0 Å². The molecule has 1 aliphatic rings. The van der Waals surface area contributed by atoms with E-state index in [0.717, 1.165) is 71.8 Å². The van der Waals surface area contributed by atoms with E-state index in [2.05, 4.69) is 45.7 Å². The summed E-state index contributed by atoms with van der Waals surface area (Å²) in [6, 6.07) is 14.5. The minimum absolute atomic E-state index is 0.461. The summed E-state index contributed by atoms with van der Waals surface area (Å²) >= 11 is 0. The van der Waals surface area contributed by atoms with E-state index in [-0.39, 0.29) is 0 Å². The summed E-state index contributed by atoms with van der Waals surface area (Å²) in [7, 11) is 1.69. The Morgan fingerprint density at radius 1 is 1.12 bits per heavy atom. The zero-order valence-corrected chi connectivity index (χ0v) is 19.7. The predicted octanol–water partition coefficient (Wildman–Crippen LogP) is 5.87. The highest BCUT2D eigenvalue weighted by Gasteiger charge is 2.24. The molecular formula is C28H31N3O3. The Bertz CT molecular complexity index is 1300. The van der Waals surface area contributed by atoms with Gasteiger partial charge in [-0.25, -0.2) is 0 Å². The molecule has 0 bridgehead atoms. The van der Waals surface area contributed by atoms with Gasteiger partial charge in [0.15, 0.2) is 0 Å². The maximum atomic E-state index is 10.1. The van der Waals surface area contributed by atoms with Crippen LogP contribution in [0.1, 0.15) is 48.3 Å². The summed E-state index contributed by atoms with van der Waals surface area (Å²) in [5.74, 6) is 1.78. The van der Waals surface area contributed by atoms with E-state index in [4.69, 9.17) is 9.47 Å². The number of aryl methyl sites for hydroxylation is 2. The quantitative estimate of drug-likeness (QED) is 0.293. The molecule has 6 nitrogen and oxygen atoms in total. The van der Waals surface area contributed by atoms with Gasteiger partial charge in [0, 0.05) is 46.8 Å². The first kappa shape index (κ1) is 22.3. The molecule has 34 heavy (non-hydrogen) atoms. The van der Waals surface area contributed by atoms with E-state index in [0.29, 0.717) is 6.61 Å². The van der Waals surface area contributed by atoms with Crippen LogP contribution in [-0.4, -0.2) is 28.8 Å². The molecule has 6 heteroatoms. The fourth-order valence-corrected chi connectivity index (χ4v) is 4.85. The molecule has 0 amide bonds. The third kappa shape index (κ3) is 4.46. The largest absolute Gasteiger partial charge is 0.497 e. The fraction of sp³-hybridized carbons (Fsp3) is 0.321. The van der Waals surface area contributed by atoms with Crippen molar-refractivity contribution in [3.8, 4) is 11.5 Å². The number of benzene rings is 2. The van der Waals surface area contributed by atoms with Crippen LogP contribution in [0.4, 0.5) is 11.4 Å². The van der Waals surface area contributed by atoms with Crippen molar-refractivity contribution in [3.05, 3.63) is 77.2 Å². The Morgan fingerprint density at radius 3 is 2.85 bits per heavy atom. The summed E-state index contributed by atoms with van der Waals surface area (Å²) in [6.07, 6.45) is 7.93. The van der Waals surface area contributed by atoms with E-state index < -0.39 is 6.10 Å². The van der Waals surface area contributed by atoms with Crippen molar-refractivity contribution >= 4 is 22.3 Å². The monoisotopic (exact) mass is 457 g/mol. The van der Waals surface area contributed by atoms with Crippen molar-refractivity contribution in [3.63, 3.8) is 0 Å². The molecule has 2 heterocycles. The van der Waals surface area contributed by atoms with Gasteiger partial charge in [-0.05, 0) is 80.0 Å². The molecule has 3 N–H and O–H groups in total. The Morgan fingerprint density at radius 2 is 2.00 bits per heavy atom. The number of H-pyrrole nitrogens is 1. The average Bonchev–Trinajstić information content (AvgIpc) is 3.44. The first-order valence-corrected chi connectivity index (χ1v) is 12.0. The maximum absolute atomic E-state index is 10.1. The van der Waals surface area contributed by atoms with Gasteiger partial charge in [0.2, 0.25) is 0 Å². The van der Waals surface area contributed by atoms with Gasteiger partial charge in [0.05, 0.1) is 25.5 Å². The maximum Gasteiger partial charge on any atom is 0.124 e. The van der Waals surface area contributed by atoms with Crippen LogP contribution < -0.4 is 14.8 Å². The molecule has 0 fully saturated rings. The Hall–Kier alpha value is -3.51. The number of methoxy groups -OCH3 is 1. The van der Waals surface area contributed by atoms with Crippen molar-refractivity contribution in [1.82, 2.24) is 9.97 Å². The topological polar surface area (TPSA) is 79.4 Å². The number of hydrogen-bond acceptors (Lipinski definition) is 5. The van der Waals surface area contributed by atoms with Gasteiger partial charge in [0.1, 0.15) is 11.5 Å². The number of ether oxygens (including phenoxy) is 2. The van der Waals surface area contributed by atoms with Gasteiger partial charge in [-0.15, -0.1) is 0 Å². The number of fused-ring (bicyclic) bond motifs is 2. The number of aliphatic hydroxyl groups excluding tert-OH is 1. The smallest absolute Gasteiger partial charge is 0.124 e. The van der Waals surface area contributed by atoms with Crippen LogP contribution in [0.2, 0.25) is 0 Å². The molecule has 176 valence electrons. The Balaban J connectivity index is 1.28. The Kier molecular flexibility index (Phi) is 6.41. The molecule has 0 saturated heterocycles. The van der Waals surface area contributed by atoms with Gasteiger partial charge in [0.25, 0.3) is 0 Å². The Labute approximate surface area is 200 Å². The molecule has 1 aliphatic carbocycles. The van der Waals surface area contributed by atoms with Crippen LogP contribution in [0.25, 0.3) is 10.9 Å². The molecule has 0 aliphatic heterocycles. The summed E-state index contributed by atoms with van der Waals surface area (Å²) in [6.45, 7) is 2.64. The van der Waals surface area contributed by atoms with E-state index >= 15 is 0 Å². The van der Waals surface area contributed by atoms with E-state index in [1.54, 1.807) is 13.3 Å². The summed E-state index contributed by atoms with van der Waals surface area (Å²) in [4.78, 5) is 7.72. The van der Waals surface area contributed by atoms with E-state index in [9.17, 15) is 5.11 Å². The minimum atomic E-state index is -0.461. The van der Waals surface area contributed by atoms with Gasteiger partial charge in [-0.2, -0.15) is 0 Å². The molecule has 2 aromatic heterocycles. The van der Waals surface area contributed by atoms with Crippen LogP contribution in [0.5, 0.6) is 11.5 Å². The molecule has 0 saturated carbocycles. The van der Waals surface area contributed by atoms with Gasteiger partial charge < -0.3 is 24.9 Å². The first-order chi connectivity index (χ1) is 16.7. The van der Waals surface area contributed by atoms with Crippen molar-refractivity contribution in [2.24, 2.45) is 0 Å². The number of aromatic nitrogens is 2. The van der Waals surface area contributed by atoms with E-state index in [1.807, 2.05) is 25.1 Å².